The van der Waals surface area contributed by atoms with E-state index in [-0.39, 0.29) is 5.97 Å². The summed E-state index contributed by atoms with van der Waals surface area (Å²) < 4.78 is 4.94. The quantitative estimate of drug-likeness (QED) is 0.830. The average Bonchev–Trinajstić information content (AvgIpc) is 2.54. The number of pyridine rings is 1. The van der Waals surface area contributed by atoms with Gasteiger partial charge in [0.1, 0.15) is 5.82 Å². The Balaban J connectivity index is 1.99. The van der Waals surface area contributed by atoms with Crippen molar-refractivity contribution in [1.29, 1.82) is 0 Å². The smallest absolute Gasteiger partial charge is 0.339 e. The van der Waals surface area contributed by atoms with Crippen LogP contribution < -0.4 is 10.2 Å². The number of carbonyl (C=O) groups excluding carboxylic acids is 1. The van der Waals surface area contributed by atoms with Crippen molar-refractivity contribution in [2.45, 2.75) is 20.4 Å². The summed E-state index contributed by atoms with van der Waals surface area (Å²) in [5, 5.41) is 3.27. The molecule has 1 aromatic heterocycles. The van der Waals surface area contributed by atoms with Gasteiger partial charge in [-0.1, -0.05) is 6.07 Å². The molecule has 122 valence electrons. The zero-order chi connectivity index (χ0) is 16.8. The molecule has 23 heavy (non-hydrogen) atoms. The molecule has 0 aliphatic carbocycles. The Labute approximate surface area is 137 Å². The van der Waals surface area contributed by atoms with Crippen LogP contribution in [0.4, 0.5) is 11.5 Å². The van der Waals surface area contributed by atoms with Crippen LogP contribution in [0.5, 0.6) is 0 Å². The van der Waals surface area contributed by atoms with Gasteiger partial charge in [0.25, 0.3) is 0 Å². The maximum absolute atomic E-state index is 11.6. The third kappa shape index (κ3) is 4.45. The van der Waals surface area contributed by atoms with Gasteiger partial charge in [0.05, 0.1) is 12.2 Å². The number of esters is 1. The van der Waals surface area contributed by atoms with E-state index in [1.54, 1.807) is 19.1 Å². The Morgan fingerprint density at radius 3 is 2.61 bits per heavy atom. The number of carbonyl (C=O) groups is 1. The molecule has 0 amide bonds. The fraction of sp³-hybridized carbons (Fsp3) is 0.333. The van der Waals surface area contributed by atoms with Crippen molar-refractivity contribution in [2.75, 3.05) is 30.9 Å². The first-order valence-corrected chi connectivity index (χ1v) is 7.65. The fourth-order valence-corrected chi connectivity index (χ4v) is 2.18. The van der Waals surface area contributed by atoms with E-state index in [1.807, 2.05) is 14.1 Å². The Bertz CT molecular complexity index is 666. The highest BCUT2D eigenvalue weighted by molar-refractivity contribution is 5.89. The normalized spacial score (nSPS) is 10.3. The van der Waals surface area contributed by atoms with Gasteiger partial charge in [-0.15, -0.1) is 0 Å². The number of nitrogens with one attached hydrogen (secondary N) is 1. The number of aromatic nitrogens is 1. The second kappa shape index (κ2) is 7.63. The van der Waals surface area contributed by atoms with Crippen LogP contribution in [-0.2, 0) is 11.3 Å². The number of anilines is 2. The first-order chi connectivity index (χ1) is 11.0. The molecule has 0 spiro atoms. The van der Waals surface area contributed by atoms with Crippen LogP contribution in [0, 0.1) is 6.92 Å². The molecule has 0 aliphatic heterocycles. The van der Waals surface area contributed by atoms with E-state index in [0.717, 1.165) is 5.82 Å². The Hall–Kier alpha value is -2.56. The van der Waals surface area contributed by atoms with Gasteiger partial charge in [0, 0.05) is 32.5 Å². The van der Waals surface area contributed by atoms with Gasteiger partial charge < -0.3 is 15.0 Å². The summed E-state index contributed by atoms with van der Waals surface area (Å²) in [5.74, 6) is 0.385. The minimum absolute atomic E-state index is 0.346. The highest BCUT2D eigenvalue weighted by atomic mass is 16.5. The molecule has 2 aromatic rings. The molecule has 0 aliphatic rings. The Morgan fingerprint density at radius 1 is 1.26 bits per heavy atom. The predicted octanol–water partition coefficient (Wildman–Crippen LogP) is 3.24. The fourth-order valence-electron chi connectivity index (χ4n) is 2.18. The second-order valence-corrected chi connectivity index (χ2v) is 5.51. The average molecular weight is 313 g/mol. The third-order valence-electron chi connectivity index (χ3n) is 3.58. The Kier molecular flexibility index (Phi) is 5.57. The lowest BCUT2D eigenvalue weighted by Gasteiger charge is -2.15. The summed E-state index contributed by atoms with van der Waals surface area (Å²) in [6.45, 7) is 4.93. The molecular weight excluding hydrogens is 290 g/mol. The zero-order valence-electron chi connectivity index (χ0n) is 14.1. The van der Waals surface area contributed by atoms with Crippen molar-refractivity contribution in [3.63, 3.8) is 0 Å². The molecule has 1 heterocycles. The van der Waals surface area contributed by atoms with E-state index in [9.17, 15) is 4.79 Å². The maximum Gasteiger partial charge on any atom is 0.339 e. The molecule has 0 atom stereocenters. The Morgan fingerprint density at radius 2 is 2.04 bits per heavy atom. The number of rotatable bonds is 6. The molecule has 2 rings (SSSR count). The van der Waals surface area contributed by atoms with Crippen LogP contribution in [0.15, 0.2) is 36.5 Å². The number of hydrogen-bond acceptors (Lipinski definition) is 5. The predicted molar refractivity (Wildman–Crippen MR) is 93.0 cm³/mol. The summed E-state index contributed by atoms with van der Waals surface area (Å²) in [6.07, 6.45) is 1.53. The van der Waals surface area contributed by atoms with E-state index >= 15 is 0 Å². The molecule has 0 saturated heterocycles. The van der Waals surface area contributed by atoms with Crippen LogP contribution in [0.1, 0.15) is 28.4 Å². The second-order valence-electron chi connectivity index (χ2n) is 5.51. The standard InChI is InChI=1S/C18H23N3O2/c1-5-23-18(22)15-7-9-17(20-12-15)19-11-14-6-8-16(21(3)4)10-13(14)2/h6-10,12H,5,11H2,1-4H3,(H,19,20). The number of aryl methyl sites for hydroxylation is 1. The van der Waals surface area contributed by atoms with E-state index in [0.29, 0.717) is 18.7 Å². The lowest BCUT2D eigenvalue weighted by atomic mass is 10.1. The van der Waals surface area contributed by atoms with Crippen LogP contribution in [0.2, 0.25) is 0 Å². The minimum atomic E-state index is -0.346. The lowest BCUT2D eigenvalue weighted by Crippen LogP contribution is -2.10. The van der Waals surface area contributed by atoms with Gasteiger partial charge in [-0.25, -0.2) is 9.78 Å². The van der Waals surface area contributed by atoms with Crippen molar-refractivity contribution in [3.05, 3.63) is 53.2 Å². The summed E-state index contributed by atoms with van der Waals surface area (Å²) in [7, 11) is 4.06. The molecule has 0 radical (unpaired) electrons. The lowest BCUT2D eigenvalue weighted by molar-refractivity contribution is 0.0526. The van der Waals surface area contributed by atoms with Crippen LogP contribution in [-0.4, -0.2) is 31.7 Å². The summed E-state index contributed by atoms with van der Waals surface area (Å²) in [6, 6.07) is 9.88. The highest BCUT2D eigenvalue weighted by Gasteiger charge is 2.07. The molecular formula is C18H23N3O2. The van der Waals surface area contributed by atoms with Gasteiger partial charge >= 0.3 is 5.97 Å². The van der Waals surface area contributed by atoms with E-state index in [2.05, 4.69) is 40.3 Å². The summed E-state index contributed by atoms with van der Waals surface area (Å²) in [5.41, 5.74) is 4.09. The van der Waals surface area contributed by atoms with Crippen LogP contribution in [0.3, 0.4) is 0 Å². The molecule has 0 saturated carbocycles. The van der Waals surface area contributed by atoms with Crippen molar-refractivity contribution >= 4 is 17.5 Å². The van der Waals surface area contributed by atoms with Gasteiger partial charge in [-0.05, 0) is 49.2 Å². The van der Waals surface area contributed by atoms with E-state index in [4.69, 9.17) is 4.74 Å². The van der Waals surface area contributed by atoms with Gasteiger partial charge in [-0.3, -0.25) is 0 Å². The molecule has 5 heteroatoms. The maximum atomic E-state index is 11.6. The zero-order valence-corrected chi connectivity index (χ0v) is 14.1. The SMILES string of the molecule is CCOC(=O)c1ccc(NCc2ccc(N(C)C)cc2C)nc1. The number of ether oxygens (including phenoxy) is 1. The highest BCUT2D eigenvalue weighted by Crippen LogP contribution is 2.18. The molecule has 5 nitrogen and oxygen atoms in total. The molecule has 0 bridgehead atoms. The van der Waals surface area contributed by atoms with Crippen molar-refractivity contribution < 1.29 is 9.53 Å². The molecule has 0 unspecified atom stereocenters. The first-order valence-electron chi connectivity index (χ1n) is 7.65. The van der Waals surface area contributed by atoms with Crippen LogP contribution >= 0.6 is 0 Å². The van der Waals surface area contributed by atoms with E-state index < -0.39 is 0 Å². The molecule has 0 fully saturated rings. The largest absolute Gasteiger partial charge is 0.462 e. The van der Waals surface area contributed by atoms with Crippen molar-refractivity contribution in [1.82, 2.24) is 4.98 Å². The first kappa shape index (κ1) is 16.8. The van der Waals surface area contributed by atoms with Crippen LogP contribution in [0.25, 0.3) is 0 Å². The monoisotopic (exact) mass is 313 g/mol. The minimum Gasteiger partial charge on any atom is -0.462 e. The molecule has 1 N–H and O–H groups in total. The third-order valence-corrected chi connectivity index (χ3v) is 3.58. The van der Waals surface area contributed by atoms with Gasteiger partial charge in [0.15, 0.2) is 0 Å². The number of hydrogen-bond donors (Lipinski definition) is 1. The summed E-state index contributed by atoms with van der Waals surface area (Å²) in [4.78, 5) is 17.9. The van der Waals surface area contributed by atoms with Crippen molar-refractivity contribution in [2.24, 2.45) is 0 Å². The van der Waals surface area contributed by atoms with Crippen molar-refractivity contribution in [3.8, 4) is 0 Å². The number of benzene rings is 1. The number of nitrogens with zero attached hydrogens (tertiary/aromatic N) is 2. The van der Waals surface area contributed by atoms with E-state index in [1.165, 1.54) is 23.0 Å². The topological polar surface area (TPSA) is 54.5 Å². The summed E-state index contributed by atoms with van der Waals surface area (Å²) >= 11 is 0. The molecule has 1 aromatic carbocycles. The van der Waals surface area contributed by atoms with Gasteiger partial charge in [0.2, 0.25) is 0 Å². The van der Waals surface area contributed by atoms with Gasteiger partial charge in [-0.2, -0.15) is 0 Å².